The maximum atomic E-state index is 12.7. The molecule has 1 amide bonds. The smallest absolute Gasteiger partial charge is 0.252 e. The summed E-state index contributed by atoms with van der Waals surface area (Å²) >= 11 is 0. The molecule has 138 valence electrons. The summed E-state index contributed by atoms with van der Waals surface area (Å²) in [5.74, 6) is 0.471. The SMILES string of the molecule is COc1ccc(C(=O)CNC(=O)[C@@]2(O)CC(C)CCC2C(C)C)cc1. The first-order valence-electron chi connectivity index (χ1n) is 8.96. The lowest BCUT2D eigenvalue weighted by molar-refractivity contribution is -0.155. The fourth-order valence-corrected chi connectivity index (χ4v) is 3.83. The number of amides is 1. The molecule has 2 rings (SSSR count). The third-order valence-corrected chi connectivity index (χ3v) is 5.26. The number of ether oxygens (including phenoxy) is 1. The second kappa shape index (κ2) is 8.00. The van der Waals surface area contributed by atoms with Crippen LogP contribution in [0.25, 0.3) is 0 Å². The molecule has 0 spiro atoms. The van der Waals surface area contributed by atoms with E-state index in [0.717, 1.165) is 12.8 Å². The van der Waals surface area contributed by atoms with E-state index in [1.807, 2.05) is 13.8 Å². The van der Waals surface area contributed by atoms with Crippen LogP contribution in [0.4, 0.5) is 0 Å². The van der Waals surface area contributed by atoms with Crippen molar-refractivity contribution in [3.63, 3.8) is 0 Å². The second-order valence-electron chi connectivity index (χ2n) is 7.50. The summed E-state index contributed by atoms with van der Waals surface area (Å²) in [6.45, 7) is 5.99. The number of methoxy groups -OCH3 is 1. The molecule has 25 heavy (non-hydrogen) atoms. The van der Waals surface area contributed by atoms with Gasteiger partial charge in [0.2, 0.25) is 0 Å². The minimum atomic E-state index is -1.40. The number of hydrogen-bond donors (Lipinski definition) is 2. The van der Waals surface area contributed by atoms with Crippen LogP contribution in [-0.4, -0.2) is 36.1 Å². The highest BCUT2D eigenvalue weighted by Crippen LogP contribution is 2.41. The first kappa shape index (κ1) is 19.4. The number of aliphatic hydroxyl groups is 1. The maximum absolute atomic E-state index is 12.7. The highest BCUT2D eigenvalue weighted by atomic mass is 16.5. The molecule has 0 heterocycles. The number of ketones is 1. The van der Waals surface area contributed by atoms with Gasteiger partial charge in [-0.1, -0.05) is 27.2 Å². The van der Waals surface area contributed by atoms with E-state index in [1.165, 1.54) is 0 Å². The zero-order chi connectivity index (χ0) is 18.6. The molecule has 1 aromatic rings. The largest absolute Gasteiger partial charge is 0.497 e. The lowest BCUT2D eigenvalue weighted by Crippen LogP contribution is -2.56. The van der Waals surface area contributed by atoms with E-state index in [0.29, 0.717) is 23.7 Å². The molecule has 0 aromatic heterocycles. The molecule has 3 atom stereocenters. The molecule has 5 heteroatoms. The third-order valence-electron chi connectivity index (χ3n) is 5.26. The lowest BCUT2D eigenvalue weighted by Gasteiger charge is -2.43. The molecule has 0 aliphatic heterocycles. The molecule has 2 unspecified atom stereocenters. The van der Waals surface area contributed by atoms with Gasteiger partial charge in [-0.2, -0.15) is 0 Å². The Balaban J connectivity index is 2.02. The van der Waals surface area contributed by atoms with Crippen LogP contribution in [-0.2, 0) is 4.79 Å². The van der Waals surface area contributed by atoms with E-state index < -0.39 is 11.5 Å². The van der Waals surface area contributed by atoms with Gasteiger partial charge in [0.05, 0.1) is 13.7 Å². The molecule has 2 N–H and O–H groups in total. The normalized spacial score (nSPS) is 26.3. The molecule has 5 nitrogen and oxygen atoms in total. The van der Waals surface area contributed by atoms with Crippen molar-refractivity contribution in [2.45, 2.75) is 45.6 Å². The average Bonchev–Trinajstić information content (AvgIpc) is 2.58. The predicted molar refractivity (Wildman–Crippen MR) is 96.6 cm³/mol. The van der Waals surface area contributed by atoms with Gasteiger partial charge in [0.25, 0.3) is 5.91 Å². The number of carbonyl (C=O) groups excluding carboxylic acids is 2. The van der Waals surface area contributed by atoms with Crippen LogP contribution in [0.15, 0.2) is 24.3 Å². The van der Waals surface area contributed by atoms with Gasteiger partial charge in [0.1, 0.15) is 11.4 Å². The topological polar surface area (TPSA) is 75.6 Å². The summed E-state index contributed by atoms with van der Waals surface area (Å²) in [5.41, 5.74) is -0.892. The van der Waals surface area contributed by atoms with Crippen molar-refractivity contribution < 1.29 is 19.4 Å². The first-order chi connectivity index (χ1) is 11.8. The van der Waals surface area contributed by atoms with Crippen LogP contribution in [0.5, 0.6) is 5.75 Å². The average molecular weight is 347 g/mol. The van der Waals surface area contributed by atoms with E-state index in [4.69, 9.17) is 4.74 Å². The van der Waals surface area contributed by atoms with E-state index in [2.05, 4.69) is 12.2 Å². The Kier molecular flexibility index (Phi) is 6.22. The molecule has 1 aromatic carbocycles. The Morgan fingerprint density at radius 2 is 1.92 bits per heavy atom. The molecule has 1 saturated carbocycles. The summed E-state index contributed by atoms with van der Waals surface area (Å²) in [6, 6.07) is 6.75. The van der Waals surface area contributed by atoms with Crippen LogP contribution < -0.4 is 10.1 Å². The van der Waals surface area contributed by atoms with Crippen LogP contribution in [0, 0.1) is 17.8 Å². The highest BCUT2D eigenvalue weighted by molar-refractivity contribution is 6.00. The summed E-state index contributed by atoms with van der Waals surface area (Å²) < 4.78 is 5.07. The van der Waals surface area contributed by atoms with Crippen LogP contribution in [0.3, 0.4) is 0 Å². The van der Waals surface area contributed by atoms with Gasteiger partial charge in [0.15, 0.2) is 5.78 Å². The number of rotatable bonds is 6. The monoisotopic (exact) mass is 347 g/mol. The van der Waals surface area contributed by atoms with E-state index in [1.54, 1.807) is 31.4 Å². The van der Waals surface area contributed by atoms with Crippen molar-refractivity contribution in [1.82, 2.24) is 5.32 Å². The molecule has 1 aliphatic rings. The number of carbonyl (C=O) groups is 2. The van der Waals surface area contributed by atoms with E-state index in [-0.39, 0.29) is 24.2 Å². The van der Waals surface area contributed by atoms with Crippen molar-refractivity contribution in [3.05, 3.63) is 29.8 Å². The van der Waals surface area contributed by atoms with Crippen LogP contribution in [0.1, 0.15) is 50.4 Å². The highest BCUT2D eigenvalue weighted by Gasteiger charge is 2.48. The number of benzene rings is 1. The van der Waals surface area contributed by atoms with Crippen LogP contribution in [0.2, 0.25) is 0 Å². The van der Waals surface area contributed by atoms with Crippen molar-refractivity contribution in [2.24, 2.45) is 17.8 Å². The summed E-state index contributed by atoms with van der Waals surface area (Å²) in [4.78, 5) is 25.0. The van der Waals surface area contributed by atoms with Crippen LogP contribution >= 0.6 is 0 Å². The lowest BCUT2D eigenvalue weighted by atomic mass is 9.66. The van der Waals surface area contributed by atoms with Gasteiger partial charge < -0.3 is 15.2 Å². The van der Waals surface area contributed by atoms with Crippen molar-refractivity contribution in [3.8, 4) is 5.75 Å². The Labute approximate surface area is 149 Å². The second-order valence-corrected chi connectivity index (χ2v) is 7.50. The number of hydrogen-bond acceptors (Lipinski definition) is 4. The summed E-state index contributed by atoms with van der Waals surface area (Å²) in [6.07, 6.45) is 2.29. The zero-order valence-electron chi connectivity index (χ0n) is 15.5. The fraction of sp³-hybridized carbons (Fsp3) is 0.600. The van der Waals surface area contributed by atoms with E-state index >= 15 is 0 Å². The predicted octanol–water partition coefficient (Wildman–Crippen LogP) is 2.82. The molecule has 1 fully saturated rings. The zero-order valence-corrected chi connectivity index (χ0v) is 15.5. The van der Waals surface area contributed by atoms with Gasteiger partial charge in [-0.3, -0.25) is 9.59 Å². The summed E-state index contributed by atoms with van der Waals surface area (Å²) in [7, 11) is 1.56. The number of Topliss-reactive ketones (excluding diaryl/α,β-unsaturated/α-hetero) is 1. The van der Waals surface area contributed by atoms with Crippen molar-refractivity contribution in [2.75, 3.05) is 13.7 Å². The van der Waals surface area contributed by atoms with Gasteiger partial charge in [-0.15, -0.1) is 0 Å². The molecule has 1 aliphatic carbocycles. The third kappa shape index (κ3) is 4.40. The molecule has 0 saturated heterocycles. The Morgan fingerprint density at radius 3 is 2.48 bits per heavy atom. The number of nitrogens with one attached hydrogen (secondary N) is 1. The quantitative estimate of drug-likeness (QED) is 0.776. The van der Waals surface area contributed by atoms with Gasteiger partial charge in [-0.05, 0) is 54.9 Å². The molecular formula is C20H29NO4. The standard InChI is InChI=1S/C20H29NO4/c1-13(2)17-10-5-14(3)11-20(17,24)19(23)21-12-18(22)15-6-8-16(25-4)9-7-15/h6-9,13-14,17,24H,5,10-12H2,1-4H3,(H,21,23)/t14?,17?,20-/m1/s1. The van der Waals surface area contributed by atoms with Gasteiger partial charge in [-0.25, -0.2) is 0 Å². The molecular weight excluding hydrogens is 318 g/mol. The Morgan fingerprint density at radius 1 is 1.28 bits per heavy atom. The van der Waals surface area contributed by atoms with E-state index in [9.17, 15) is 14.7 Å². The minimum Gasteiger partial charge on any atom is -0.497 e. The fourth-order valence-electron chi connectivity index (χ4n) is 3.83. The van der Waals surface area contributed by atoms with Crippen molar-refractivity contribution >= 4 is 11.7 Å². The maximum Gasteiger partial charge on any atom is 0.252 e. The Bertz CT molecular complexity index is 611. The molecule has 0 radical (unpaired) electrons. The summed E-state index contributed by atoms with van der Waals surface area (Å²) in [5, 5.41) is 13.7. The molecule has 0 bridgehead atoms. The Hall–Kier alpha value is -1.88. The van der Waals surface area contributed by atoms with Gasteiger partial charge in [0, 0.05) is 5.56 Å². The van der Waals surface area contributed by atoms with Gasteiger partial charge >= 0.3 is 0 Å². The first-order valence-corrected chi connectivity index (χ1v) is 8.96. The minimum absolute atomic E-state index is 0.0835. The van der Waals surface area contributed by atoms with Crippen molar-refractivity contribution in [1.29, 1.82) is 0 Å².